The van der Waals surface area contributed by atoms with Crippen molar-refractivity contribution in [1.82, 2.24) is 0 Å². The Labute approximate surface area is 97.2 Å². The quantitative estimate of drug-likeness (QED) is 0.730. The predicted molar refractivity (Wildman–Crippen MR) is 67.1 cm³/mol. The van der Waals surface area contributed by atoms with Crippen LogP contribution in [-0.4, -0.2) is 5.78 Å². The van der Waals surface area contributed by atoms with Crippen molar-refractivity contribution in [2.45, 2.75) is 32.6 Å². The number of hydrogen-bond acceptors (Lipinski definition) is 1. The van der Waals surface area contributed by atoms with Gasteiger partial charge in [0.15, 0.2) is 0 Å². The summed E-state index contributed by atoms with van der Waals surface area (Å²) in [6.07, 6.45) is 5.88. The first-order valence-corrected chi connectivity index (χ1v) is 6.04. The second-order valence-electron chi connectivity index (χ2n) is 4.44. The first-order valence-electron chi connectivity index (χ1n) is 6.04. The van der Waals surface area contributed by atoms with E-state index in [1.165, 1.54) is 11.1 Å². The van der Waals surface area contributed by atoms with Gasteiger partial charge in [-0.2, -0.15) is 0 Å². The van der Waals surface area contributed by atoms with Crippen LogP contribution in [0.25, 0.3) is 5.57 Å². The number of benzene rings is 1. The van der Waals surface area contributed by atoms with Gasteiger partial charge in [0, 0.05) is 12.8 Å². The molecule has 84 valence electrons. The number of carbonyl (C=O) groups excluding carboxylic acids is 1. The molecule has 1 unspecified atom stereocenters. The molecule has 0 bridgehead atoms. The zero-order valence-corrected chi connectivity index (χ0v) is 9.78. The second kappa shape index (κ2) is 5.11. The van der Waals surface area contributed by atoms with Gasteiger partial charge in [0.05, 0.1) is 0 Å². The van der Waals surface area contributed by atoms with E-state index in [0.717, 1.165) is 25.7 Å². The molecule has 0 heterocycles. The third-order valence-electron chi connectivity index (χ3n) is 3.34. The van der Waals surface area contributed by atoms with E-state index in [-0.39, 0.29) is 0 Å². The molecule has 0 spiro atoms. The van der Waals surface area contributed by atoms with Crippen molar-refractivity contribution in [1.29, 1.82) is 0 Å². The Morgan fingerprint density at radius 2 is 2.06 bits per heavy atom. The summed E-state index contributed by atoms with van der Waals surface area (Å²) in [5.41, 5.74) is 2.61. The molecule has 0 radical (unpaired) electrons. The largest absolute Gasteiger partial charge is 0.300 e. The van der Waals surface area contributed by atoms with Crippen LogP contribution >= 0.6 is 0 Å². The van der Waals surface area contributed by atoms with E-state index in [4.69, 9.17) is 0 Å². The Kier molecular flexibility index (Phi) is 3.55. The van der Waals surface area contributed by atoms with Gasteiger partial charge in [-0.3, -0.25) is 4.79 Å². The number of rotatable bonds is 2. The van der Waals surface area contributed by atoms with Crippen LogP contribution in [0.5, 0.6) is 0 Å². The predicted octanol–water partition coefficient (Wildman–Crippen LogP) is 3.85. The van der Waals surface area contributed by atoms with Crippen molar-refractivity contribution in [2.75, 3.05) is 0 Å². The molecule has 1 nitrogen and oxygen atoms in total. The highest BCUT2D eigenvalue weighted by Crippen LogP contribution is 2.33. The Bertz CT molecular complexity index is 389. The zero-order chi connectivity index (χ0) is 11.4. The molecule has 1 heteroatoms. The summed E-state index contributed by atoms with van der Waals surface area (Å²) >= 11 is 0. The van der Waals surface area contributed by atoms with Gasteiger partial charge < -0.3 is 0 Å². The molecule has 1 aromatic carbocycles. The fourth-order valence-corrected chi connectivity index (χ4v) is 2.56. The van der Waals surface area contributed by atoms with Crippen molar-refractivity contribution in [3.63, 3.8) is 0 Å². The van der Waals surface area contributed by atoms with E-state index < -0.39 is 0 Å². The lowest BCUT2D eigenvalue weighted by Gasteiger charge is -2.24. The van der Waals surface area contributed by atoms with Crippen molar-refractivity contribution in [3.05, 3.63) is 42.0 Å². The first kappa shape index (κ1) is 11.1. The van der Waals surface area contributed by atoms with Gasteiger partial charge in [-0.1, -0.05) is 36.4 Å². The Morgan fingerprint density at radius 1 is 1.31 bits per heavy atom. The third kappa shape index (κ3) is 2.41. The minimum atomic E-state index is 0.423. The van der Waals surface area contributed by atoms with Crippen LogP contribution in [0.1, 0.15) is 38.2 Å². The lowest BCUT2D eigenvalue weighted by molar-refractivity contribution is -0.120. The number of carbonyl (C=O) groups is 1. The average molecular weight is 214 g/mol. The highest BCUT2D eigenvalue weighted by Gasteiger charge is 2.22. The summed E-state index contributed by atoms with van der Waals surface area (Å²) in [6.45, 7) is 2.07. The molecule has 0 N–H and O–H groups in total. The normalized spacial score (nSPS) is 22.2. The van der Waals surface area contributed by atoms with Crippen LogP contribution in [0.15, 0.2) is 36.4 Å². The van der Waals surface area contributed by atoms with Gasteiger partial charge >= 0.3 is 0 Å². The number of hydrogen-bond donors (Lipinski definition) is 0. The molecule has 1 aliphatic carbocycles. The molecule has 1 atom stereocenters. The van der Waals surface area contributed by atoms with Gasteiger partial charge in [0.2, 0.25) is 0 Å². The Morgan fingerprint density at radius 3 is 2.69 bits per heavy atom. The standard InChI is InChI=1S/C15H18O/c1-2-15(12-7-4-3-5-8-12)13-9-6-10-14(16)11-13/h2-5,7-8,13H,6,9-11H2,1H3/b15-2+. The Hall–Kier alpha value is -1.37. The van der Waals surface area contributed by atoms with Crippen LogP contribution in [0, 0.1) is 5.92 Å². The van der Waals surface area contributed by atoms with Crippen LogP contribution in [0.2, 0.25) is 0 Å². The molecule has 0 amide bonds. The van der Waals surface area contributed by atoms with Gasteiger partial charge in [-0.15, -0.1) is 0 Å². The molecule has 1 fully saturated rings. The van der Waals surface area contributed by atoms with Crippen molar-refractivity contribution in [3.8, 4) is 0 Å². The number of ketones is 1. The molecule has 1 saturated carbocycles. The average Bonchev–Trinajstić information content (AvgIpc) is 2.31. The molecule has 0 aliphatic heterocycles. The molecule has 16 heavy (non-hydrogen) atoms. The third-order valence-corrected chi connectivity index (χ3v) is 3.34. The van der Waals surface area contributed by atoms with Crippen LogP contribution in [0.4, 0.5) is 0 Å². The topological polar surface area (TPSA) is 17.1 Å². The molecule has 1 aliphatic rings. The van der Waals surface area contributed by atoms with Crippen LogP contribution < -0.4 is 0 Å². The smallest absolute Gasteiger partial charge is 0.133 e. The zero-order valence-electron chi connectivity index (χ0n) is 9.78. The highest BCUT2D eigenvalue weighted by atomic mass is 16.1. The highest BCUT2D eigenvalue weighted by molar-refractivity contribution is 5.82. The molecular formula is C15H18O. The van der Waals surface area contributed by atoms with Crippen molar-refractivity contribution >= 4 is 11.4 Å². The van der Waals surface area contributed by atoms with Crippen molar-refractivity contribution in [2.24, 2.45) is 5.92 Å². The molecule has 0 aromatic heterocycles. The van der Waals surface area contributed by atoms with Crippen molar-refractivity contribution < 1.29 is 4.79 Å². The number of Topliss-reactive ketones (excluding diaryl/α,β-unsaturated/α-hetero) is 1. The fourth-order valence-electron chi connectivity index (χ4n) is 2.56. The Balaban J connectivity index is 2.20. The number of allylic oxidation sites excluding steroid dienone is 2. The first-order chi connectivity index (χ1) is 7.81. The lowest BCUT2D eigenvalue weighted by atomic mass is 9.80. The van der Waals surface area contributed by atoms with Gasteiger partial charge in [0.1, 0.15) is 5.78 Å². The minimum Gasteiger partial charge on any atom is -0.300 e. The summed E-state index contributed by atoms with van der Waals surface area (Å²) in [4.78, 5) is 11.5. The van der Waals surface area contributed by atoms with E-state index in [9.17, 15) is 4.79 Å². The monoisotopic (exact) mass is 214 g/mol. The van der Waals surface area contributed by atoms with Gasteiger partial charge in [-0.05, 0) is 36.8 Å². The second-order valence-corrected chi connectivity index (χ2v) is 4.44. The molecule has 2 rings (SSSR count). The molecule has 1 aromatic rings. The van der Waals surface area contributed by atoms with Crippen LogP contribution in [-0.2, 0) is 4.79 Å². The maximum absolute atomic E-state index is 11.5. The lowest BCUT2D eigenvalue weighted by Crippen LogP contribution is -2.16. The summed E-state index contributed by atoms with van der Waals surface area (Å²) in [5.74, 6) is 0.861. The van der Waals surface area contributed by atoms with E-state index >= 15 is 0 Å². The summed E-state index contributed by atoms with van der Waals surface area (Å²) in [7, 11) is 0. The minimum absolute atomic E-state index is 0.423. The van der Waals surface area contributed by atoms with E-state index in [1.54, 1.807) is 0 Å². The van der Waals surface area contributed by atoms with E-state index in [0.29, 0.717) is 11.7 Å². The molecule has 0 saturated heterocycles. The maximum atomic E-state index is 11.5. The van der Waals surface area contributed by atoms with Crippen LogP contribution in [0.3, 0.4) is 0 Å². The summed E-state index contributed by atoms with van der Waals surface area (Å²) in [6, 6.07) is 10.4. The fraction of sp³-hybridized carbons (Fsp3) is 0.400. The van der Waals surface area contributed by atoms with E-state index in [1.807, 2.05) is 6.07 Å². The van der Waals surface area contributed by atoms with Gasteiger partial charge in [0.25, 0.3) is 0 Å². The molecular weight excluding hydrogens is 196 g/mol. The SMILES string of the molecule is C/C=C(\c1ccccc1)C1CCCC(=O)C1. The van der Waals surface area contributed by atoms with Gasteiger partial charge in [-0.25, -0.2) is 0 Å². The van der Waals surface area contributed by atoms with E-state index in [2.05, 4.69) is 37.3 Å². The maximum Gasteiger partial charge on any atom is 0.133 e. The summed E-state index contributed by atoms with van der Waals surface area (Å²) < 4.78 is 0. The summed E-state index contributed by atoms with van der Waals surface area (Å²) in [5, 5.41) is 0.